The first-order chi connectivity index (χ1) is 23.7. The van der Waals surface area contributed by atoms with Gasteiger partial charge in [-0.2, -0.15) is 0 Å². The van der Waals surface area contributed by atoms with E-state index in [1.54, 1.807) is 27.7 Å². The largest absolute Gasteiger partial charge is 0.393 e. The number of aromatic nitrogens is 4. The summed E-state index contributed by atoms with van der Waals surface area (Å²) >= 11 is 0. The first-order valence-electron chi connectivity index (χ1n) is 16.9. The minimum absolute atomic E-state index is 0. The van der Waals surface area contributed by atoms with Crippen LogP contribution in [0.2, 0.25) is 0 Å². The predicted octanol–water partition coefficient (Wildman–Crippen LogP) is 7.70. The van der Waals surface area contributed by atoms with Crippen LogP contribution in [0.15, 0.2) is 84.9 Å². The molecule has 6 aromatic rings. The van der Waals surface area contributed by atoms with Crippen molar-refractivity contribution < 1.29 is 60.6 Å². The molecule has 4 unspecified atom stereocenters. The second kappa shape index (κ2) is 23.4. The second-order valence-electron chi connectivity index (χ2n) is 12.7. The van der Waals surface area contributed by atoms with Crippen LogP contribution >= 0.6 is 0 Å². The monoisotopic (exact) mass is 1060 g/mol. The average Bonchev–Trinajstić information content (AvgIpc) is 3.04. The summed E-state index contributed by atoms with van der Waals surface area (Å²) in [6, 6.07) is 34.5. The van der Waals surface area contributed by atoms with Gasteiger partial charge in [0.05, 0.1) is 46.5 Å². The Morgan fingerprint density at radius 3 is 1.25 bits per heavy atom. The van der Waals surface area contributed by atoms with Crippen LogP contribution in [0.25, 0.3) is 44.6 Å². The van der Waals surface area contributed by atoms with Gasteiger partial charge in [0.1, 0.15) is 0 Å². The van der Waals surface area contributed by atoms with E-state index in [1.165, 1.54) is 5.56 Å². The number of nitrogens with zero attached hydrogens (tertiary/aromatic N) is 4. The van der Waals surface area contributed by atoms with E-state index in [-0.39, 0.29) is 64.6 Å². The Labute approximate surface area is 335 Å². The van der Waals surface area contributed by atoms with E-state index in [0.717, 1.165) is 61.5 Å². The molecule has 0 saturated carbocycles. The normalized spacial score (nSPS) is 12.5. The molecule has 4 aromatic carbocycles. The van der Waals surface area contributed by atoms with E-state index >= 15 is 0 Å². The van der Waals surface area contributed by atoms with Gasteiger partial charge in [-0.3, -0.25) is 19.9 Å². The number of hydrogen-bond donors (Lipinski definition) is 4. The standard InChI is InChI=1S/C17H15N2.C15H11N2.2C5H12O2.2Ir/c1-11-8-12(2)10-14(9-11)17-13(3)18-15-6-4-5-7-16(15)19-17;1-11-15(12-7-3-2-4-8-12)17-14-10-6-5-9-13(14)16-11;2*1-4(6)3-5(2)7;;/h4-9H,1-3H3;2-7,9-10H,1H3;2*4-7H,3H2,1-2H3;;/q2*-1;;;;. The number of para-hydroxylation sites is 4. The minimum Gasteiger partial charge on any atom is -0.393 e. The molecular formula is C42H50Ir2N4O4-2. The first kappa shape index (κ1) is 46.7. The maximum absolute atomic E-state index is 8.56. The SMILES string of the molecule is CC(O)CC(C)O.CC(O)CC(C)O.Cc1[c-]c(-c2nc3ccccc3nc2C)cc(C)c1.Cc1nc2ccccc2nc1-c1[c-]cccc1.[Ir].[Ir]. The fourth-order valence-corrected chi connectivity index (χ4v) is 5.24. The molecule has 52 heavy (non-hydrogen) atoms. The molecule has 0 aliphatic heterocycles. The van der Waals surface area contributed by atoms with Crippen molar-refractivity contribution in [3.05, 3.63) is 120 Å². The molecule has 0 bridgehead atoms. The number of rotatable bonds is 6. The van der Waals surface area contributed by atoms with Gasteiger partial charge in [-0.05, 0) is 78.6 Å². The van der Waals surface area contributed by atoms with Crippen LogP contribution in [0.4, 0.5) is 0 Å². The Morgan fingerprint density at radius 1 is 0.519 bits per heavy atom. The summed E-state index contributed by atoms with van der Waals surface area (Å²) in [6.45, 7) is 14.8. The molecule has 282 valence electrons. The number of benzene rings is 4. The number of hydrogen-bond acceptors (Lipinski definition) is 8. The molecule has 0 fully saturated rings. The third kappa shape index (κ3) is 15.7. The van der Waals surface area contributed by atoms with Gasteiger partial charge < -0.3 is 20.4 Å². The van der Waals surface area contributed by atoms with Crippen molar-refractivity contribution in [3.63, 3.8) is 0 Å². The maximum Gasteiger partial charge on any atom is 0.0870 e. The maximum atomic E-state index is 8.56. The molecule has 4 atom stereocenters. The van der Waals surface area contributed by atoms with Crippen molar-refractivity contribution in [1.29, 1.82) is 0 Å². The van der Waals surface area contributed by atoms with Crippen molar-refractivity contribution >= 4 is 22.1 Å². The first-order valence-corrected chi connectivity index (χ1v) is 16.9. The zero-order chi connectivity index (χ0) is 36.8. The molecule has 8 nitrogen and oxygen atoms in total. The predicted molar refractivity (Wildman–Crippen MR) is 203 cm³/mol. The van der Waals surface area contributed by atoms with Crippen molar-refractivity contribution in [2.75, 3.05) is 0 Å². The Balaban J connectivity index is 0.000000376. The summed E-state index contributed by atoms with van der Waals surface area (Å²) in [5.74, 6) is 0. The van der Waals surface area contributed by atoms with Crippen molar-refractivity contribution in [2.24, 2.45) is 0 Å². The third-order valence-corrected chi connectivity index (χ3v) is 7.22. The number of aliphatic hydroxyl groups is 4. The van der Waals surface area contributed by atoms with Crippen LogP contribution in [0.1, 0.15) is 63.1 Å². The quantitative estimate of drug-likeness (QED) is 0.125. The van der Waals surface area contributed by atoms with Gasteiger partial charge in [0.2, 0.25) is 0 Å². The molecule has 10 heteroatoms. The molecule has 2 radical (unpaired) electrons. The van der Waals surface area contributed by atoms with E-state index in [9.17, 15) is 0 Å². The number of fused-ring (bicyclic) bond motifs is 2. The molecule has 2 heterocycles. The van der Waals surface area contributed by atoms with Crippen molar-refractivity contribution in [3.8, 4) is 22.5 Å². The van der Waals surface area contributed by atoms with E-state index < -0.39 is 0 Å². The summed E-state index contributed by atoms with van der Waals surface area (Å²) in [6.07, 6.45) is -0.556. The molecule has 6 rings (SSSR count). The number of aliphatic hydroxyl groups excluding tert-OH is 4. The summed E-state index contributed by atoms with van der Waals surface area (Å²) in [4.78, 5) is 18.6. The molecular weight excluding hydrogens is 1010 g/mol. The Bertz CT molecular complexity index is 1890. The topological polar surface area (TPSA) is 132 Å². The van der Waals surface area contributed by atoms with Gasteiger partial charge in [0, 0.05) is 63.0 Å². The van der Waals surface area contributed by atoms with Crippen molar-refractivity contribution in [2.45, 2.75) is 92.6 Å². The number of aryl methyl sites for hydroxylation is 4. The average molecular weight is 1060 g/mol. The molecule has 0 aliphatic carbocycles. The molecule has 0 aliphatic rings. The van der Waals surface area contributed by atoms with Gasteiger partial charge >= 0.3 is 0 Å². The van der Waals surface area contributed by atoms with Crippen LogP contribution in [0, 0.1) is 39.8 Å². The summed E-state index contributed by atoms with van der Waals surface area (Å²) in [5, 5.41) is 34.3. The summed E-state index contributed by atoms with van der Waals surface area (Å²) < 4.78 is 0. The van der Waals surface area contributed by atoms with E-state index in [0.29, 0.717) is 12.8 Å². The van der Waals surface area contributed by atoms with Gasteiger partial charge in [0.15, 0.2) is 0 Å². The van der Waals surface area contributed by atoms with E-state index in [2.05, 4.69) is 53.1 Å². The zero-order valence-corrected chi connectivity index (χ0v) is 35.8. The molecule has 0 amide bonds. The van der Waals surface area contributed by atoms with Crippen LogP contribution in [0.5, 0.6) is 0 Å². The molecule has 2 aromatic heterocycles. The van der Waals surface area contributed by atoms with Crippen LogP contribution < -0.4 is 0 Å². The fourth-order valence-electron chi connectivity index (χ4n) is 5.24. The second-order valence-corrected chi connectivity index (χ2v) is 12.7. The smallest absolute Gasteiger partial charge is 0.0870 e. The Kier molecular flexibility index (Phi) is 21.0. The van der Waals surface area contributed by atoms with Crippen molar-refractivity contribution in [1.82, 2.24) is 19.9 Å². The molecule has 0 saturated heterocycles. The fraction of sp³-hybridized carbons (Fsp3) is 0.333. The van der Waals surface area contributed by atoms with Gasteiger partial charge in [-0.25, -0.2) is 0 Å². The van der Waals surface area contributed by atoms with Crippen LogP contribution in [0.3, 0.4) is 0 Å². The third-order valence-electron chi connectivity index (χ3n) is 7.22. The van der Waals surface area contributed by atoms with Gasteiger partial charge in [-0.1, -0.05) is 38.1 Å². The minimum atomic E-state index is -0.375. The summed E-state index contributed by atoms with van der Waals surface area (Å²) in [5.41, 5.74) is 11.8. The van der Waals surface area contributed by atoms with E-state index in [4.69, 9.17) is 25.4 Å². The van der Waals surface area contributed by atoms with Gasteiger partial charge in [0.25, 0.3) is 0 Å². The molecule has 4 N–H and O–H groups in total. The van der Waals surface area contributed by atoms with Crippen LogP contribution in [-0.4, -0.2) is 64.8 Å². The zero-order valence-electron chi connectivity index (χ0n) is 31.1. The Morgan fingerprint density at radius 2 is 0.904 bits per heavy atom. The van der Waals surface area contributed by atoms with E-state index in [1.807, 2.05) is 86.6 Å². The summed E-state index contributed by atoms with van der Waals surface area (Å²) in [7, 11) is 0. The van der Waals surface area contributed by atoms with Crippen LogP contribution in [-0.2, 0) is 40.2 Å². The Hall–Kier alpha value is -3.30. The molecule has 0 spiro atoms. The van der Waals surface area contributed by atoms with Gasteiger partial charge in [-0.15, -0.1) is 70.8 Å².